The summed E-state index contributed by atoms with van der Waals surface area (Å²) in [6.07, 6.45) is 1.52. The van der Waals surface area contributed by atoms with E-state index in [1.165, 1.54) is 0 Å². The fourth-order valence-electron chi connectivity index (χ4n) is 1.70. The second-order valence-electron chi connectivity index (χ2n) is 4.70. The summed E-state index contributed by atoms with van der Waals surface area (Å²) in [6, 6.07) is 0. The van der Waals surface area contributed by atoms with Gasteiger partial charge in [0.1, 0.15) is 6.61 Å². The first-order valence-corrected chi connectivity index (χ1v) is 6.12. The van der Waals surface area contributed by atoms with Gasteiger partial charge in [0.2, 0.25) is 5.91 Å². The van der Waals surface area contributed by atoms with Gasteiger partial charge in [0.15, 0.2) is 0 Å². The van der Waals surface area contributed by atoms with E-state index >= 15 is 0 Å². The van der Waals surface area contributed by atoms with Gasteiger partial charge in [-0.1, -0.05) is 13.8 Å². The van der Waals surface area contributed by atoms with Crippen LogP contribution in [0.15, 0.2) is 0 Å². The average Bonchev–Trinajstić information content (AvgIpc) is 2.29. The predicted molar refractivity (Wildman–Crippen MR) is 62.1 cm³/mol. The number of nitrogens with zero attached hydrogens (tertiary/aromatic N) is 1. The first-order chi connectivity index (χ1) is 7.54. The van der Waals surface area contributed by atoms with Crippen LogP contribution in [0.3, 0.4) is 0 Å². The van der Waals surface area contributed by atoms with E-state index in [0.29, 0.717) is 12.5 Å². The average molecular weight is 229 g/mol. The van der Waals surface area contributed by atoms with Crippen molar-refractivity contribution in [2.75, 3.05) is 19.7 Å². The summed E-state index contributed by atoms with van der Waals surface area (Å²) < 4.78 is 5.40. The maximum Gasteiger partial charge on any atom is 0.248 e. The first-order valence-electron chi connectivity index (χ1n) is 6.12. The third-order valence-electron chi connectivity index (χ3n) is 3.34. The van der Waals surface area contributed by atoms with Gasteiger partial charge in [-0.25, -0.2) is 0 Å². The number of hydrogen-bond donors (Lipinski definition) is 1. The molecule has 1 aliphatic rings. The Morgan fingerprint density at radius 2 is 2.31 bits per heavy atom. The lowest BCUT2D eigenvalue weighted by molar-refractivity contribution is -0.142. The molecular formula is C12H23NO3. The van der Waals surface area contributed by atoms with Crippen molar-refractivity contribution in [1.29, 1.82) is 0 Å². The Labute approximate surface area is 97.6 Å². The third-order valence-corrected chi connectivity index (χ3v) is 3.34. The minimum absolute atomic E-state index is 0.00810. The molecule has 1 heterocycles. The summed E-state index contributed by atoms with van der Waals surface area (Å²) in [4.78, 5) is 13.5. The van der Waals surface area contributed by atoms with Crippen LogP contribution in [0.4, 0.5) is 0 Å². The molecule has 1 fully saturated rings. The Balaban J connectivity index is 2.32. The molecule has 0 spiro atoms. The van der Waals surface area contributed by atoms with Crippen molar-refractivity contribution in [3.63, 3.8) is 0 Å². The van der Waals surface area contributed by atoms with Crippen molar-refractivity contribution in [2.45, 2.75) is 45.8 Å². The van der Waals surface area contributed by atoms with Gasteiger partial charge in [-0.2, -0.15) is 0 Å². The highest BCUT2D eigenvalue weighted by atomic mass is 16.5. The molecule has 1 aliphatic heterocycles. The number of piperidine rings is 1. The van der Waals surface area contributed by atoms with Crippen LogP contribution in [-0.4, -0.2) is 47.8 Å². The van der Waals surface area contributed by atoms with Crippen LogP contribution < -0.4 is 0 Å². The Morgan fingerprint density at radius 1 is 1.62 bits per heavy atom. The number of rotatable bonds is 4. The molecule has 94 valence electrons. The molecule has 3 unspecified atom stereocenters. The molecule has 0 aromatic heterocycles. The van der Waals surface area contributed by atoms with Gasteiger partial charge in [0.25, 0.3) is 0 Å². The van der Waals surface area contributed by atoms with Crippen molar-refractivity contribution >= 4 is 5.91 Å². The molecule has 0 radical (unpaired) electrons. The zero-order valence-electron chi connectivity index (χ0n) is 10.5. The van der Waals surface area contributed by atoms with E-state index in [0.717, 1.165) is 19.4 Å². The van der Waals surface area contributed by atoms with Gasteiger partial charge >= 0.3 is 0 Å². The van der Waals surface area contributed by atoms with Crippen molar-refractivity contribution in [3.8, 4) is 0 Å². The number of carbonyl (C=O) groups excluding carboxylic acids is 1. The number of aliphatic hydroxyl groups is 1. The summed E-state index contributed by atoms with van der Waals surface area (Å²) in [5.74, 6) is 0.283. The predicted octanol–water partition coefficient (Wildman–Crippen LogP) is 1.03. The normalized spacial score (nSPS) is 27.9. The minimum atomic E-state index is -0.388. The van der Waals surface area contributed by atoms with Gasteiger partial charge in [0, 0.05) is 13.1 Å². The topological polar surface area (TPSA) is 49.8 Å². The number of hydrogen-bond acceptors (Lipinski definition) is 3. The Hall–Kier alpha value is -0.610. The number of amides is 1. The fourth-order valence-corrected chi connectivity index (χ4v) is 1.70. The molecular weight excluding hydrogens is 206 g/mol. The molecule has 0 aliphatic carbocycles. The second kappa shape index (κ2) is 6.21. The Bertz CT molecular complexity index is 232. The zero-order valence-corrected chi connectivity index (χ0v) is 10.5. The molecule has 1 N–H and O–H groups in total. The molecule has 0 bridgehead atoms. The smallest absolute Gasteiger partial charge is 0.248 e. The SMILES string of the molecule is CCC(C)OCC(=O)N1CCC(C)C(O)C1. The van der Waals surface area contributed by atoms with Crippen LogP contribution in [0.25, 0.3) is 0 Å². The Morgan fingerprint density at radius 3 is 2.88 bits per heavy atom. The van der Waals surface area contributed by atoms with Crippen molar-refractivity contribution in [1.82, 2.24) is 4.90 Å². The number of ether oxygens (including phenoxy) is 1. The first kappa shape index (κ1) is 13.5. The summed E-state index contributed by atoms with van der Waals surface area (Å²) in [5.41, 5.74) is 0. The van der Waals surface area contributed by atoms with Crippen molar-refractivity contribution in [2.24, 2.45) is 5.92 Å². The summed E-state index contributed by atoms with van der Waals surface area (Å²) in [5, 5.41) is 9.69. The van der Waals surface area contributed by atoms with Crippen molar-refractivity contribution < 1.29 is 14.6 Å². The van der Waals surface area contributed by atoms with E-state index < -0.39 is 0 Å². The van der Waals surface area contributed by atoms with Gasteiger partial charge in [-0.15, -0.1) is 0 Å². The zero-order chi connectivity index (χ0) is 12.1. The lowest BCUT2D eigenvalue weighted by atomic mass is 9.96. The number of carbonyl (C=O) groups is 1. The van der Waals surface area contributed by atoms with Crippen LogP contribution in [0.5, 0.6) is 0 Å². The molecule has 3 atom stereocenters. The second-order valence-corrected chi connectivity index (χ2v) is 4.70. The molecule has 1 amide bonds. The fraction of sp³-hybridized carbons (Fsp3) is 0.917. The number of likely N-dealkylation sites (tertiary alicyclic amines) is 1. The highest BCUT2D eigenvalue weighted by Crippen LogP contribution is 2.17. The quantitative estimate of drug-likeness (QED) is 0.783. The molecule has 16 heavy (non-hydrogen) atoms. The van der Waals surface area contributed by atoms with Gasteiger partial charge < -0.3 is 14.7 Å². The highest BCUT2D eigenvalue weighted by molar-refractivity contribution is 5.77. The summed E-state index contributed by atoms with van der Waals surface area (Å²) >= 11 is 0. The van der Waals surface area contributed by atoms with Crippen LogP contribution in [0.2, 0.25) is 0 Å². The summed E-state index contributed by atoms with van der Waals surface area (Å²) in [7, 11) is 0. The maximum atomic E-state index is 11.8. The molecule has 1 saturated heterocycles. The van der Waals surface area contributed by atoms with Gasteiger partial charge in [0.05, 0.1) is 12.2 Å². The molecule has 0 saturated carbocycles. The van der Waals surface area contributed by atoms with Crippen LogP contribution in [-0.2, 0) is 9.53 Å². The molecule has 0 aromatic rings. The largest absolute Gasteiger partial charge is 0.391 e. The lowest BCUT2D eigenvalue weighted by Gasteiger charge is -2.34. The molecule has 4 nitrogen and oxygen atoms in total. The number of β-amino-alcohol motifs (C(OH)–C–C–N with tert-alkyl or cyclic N) is 1. The number of aliphatic hydroxyl groups excluding tert-OH is 1. The standard InChI is InChI=1S/C12H23NO3/c1-4-10(3)16-8-12(15)13-6-5-9(2)11(14)7-13/h9-11,14H,4-8H2,1-3H3. The van der Waals surface area contributed by atoms with E-state index in [-0.39, 0.29) is 24.7 Å². The van der Waals surface area contributed by atoms with E-state index in [1.54, 1.807) is 4.90 Å². The van der Waals surface area contributed by atoms with Crippen LogP contribution >= 0.6 is 0 Å². The van der Waals surface area contributed by atoms with E-state index in [9.17, 15) is 9.90 Å². The maximum absolute atomic E-state index is 11.8. The van der Waals surface area contributed by atoms with Gasteiger partial charge in [-0.3, -0.25) is 4.79 Å². The van der Waals surface area contributed by atoms with E-state index in [4.69, 9.17) is 4.74 Å². The van der Waals surface area contributed by atoms with Crippen LogP contribution in [0, 0.1) is 5.92 Å². The van der Waals surface area contributed by atoms with Crippen LogP contribution in [0.1, 0.15) is 33.6 Å². The Kier molecular flexibility index (Phi) is 5.22. The summed E-state index contributed by atoms with van der Waals surface area (Å²) in [6.45, 7) is 7.32. The van der Waals surface area contributed by atoms with E-state index in [2.05, 4.69) is 0 Å². The molecule has 4 heteroatoms. The monoisotopic (exact) mass is 229 g/mol. The highest BCUT2D eigenvalue weighted by Gasteiger charge is 2.27. The minimum Gasteiger partial charge on any atom is -0.391 e. The van der Waals surface area contributed by atoms with Gasteiger partial charge in [-0.05, 0) is 25.7 Å². The third kappa shape index (κ3) is 3.76. The lowest BCUT2D eigenvalue weighted by Crippen LogP contribution is -2.47. The van der Waals surface area contributed by atoms with Crippen molar-refractivity contribution in [3.05, 3.63) is 0 Å². The molecule has 0 aromatic carbocycles. The molecule has 1 rings (SSSR count). The van der Waals surface area contributed by atoms with E-state index in [1.807, 2.05) is 20.8 Å².